The summed E-state index contributed by atoms with van der Waals surface area (Å²) in [7, 11) is 0. The van der Waals surface area contributed by atoms with Gasteiger partial charge >= 0.3 is 0 Å². The molecule has 0 nitrogen and oxygen atoms in total. The maximum absolute atomic E-state index is 2.36. The van der Waals surface area contributed by atoms with Gasteiger partial charge in [-0.1, -0.05) is 182 Å². The zero-order valence-electron chi connectivity index (χ0n) is 27.5. The first-order valence-corrected chi connectivity index (χ1v) is 17.3. The van der Waals surface area contributed by atoms with E-state index in [1.807, 2.05) is 0 Å². The molecule has 0 amide bonds. The number of benzene rings is 10. The van der Waals surface area contributed by atoms with E-state index in [2.05, 4.69) is 194 Å². The summed E-state index contributed by atoms with van der Waals surface area (Å²) >= 11 is 0. The van der Waals surface area contributed by atoms with Crippen LogP contribution in [-0.4, -0.2) is 0 Å². The lowest BCUT2D eigenvalue weighted by molar-refractivity contribution is 1.62. The van der Waals surface area contributed by atoms with Crippen LogP contribution in [0.5, 0.6) is 0 Å². The predicted molar refractivity (Wildman–Crippen MR) is 216 cm³/mol. The molecular weight excluding hydrogens is 601 g/mol. The molecule has 0 heterocycles. The first-order valence-electron chi connectivity index (χ1n) is 17.3. The van der Waals surface area contributed by atoms with E-state index >= 15 is 0 Å². The molecule has 0 saturated carbocycles. The lowest BCUT2D eigenvalue weighted by atomic mass is 9.85. The van der Waals surface area contributed by atoms with Crippen molar-refractivity contribution in [2.45, 2.75) is 0 Å². The van der Waals surface area contributed by atoms with Crippen molar-refractivity contribution in [3.63, 3.8) is 0 Å². The lowest BCUT2D eigenvalue weighted by Crippen LogP contribution is -1.91. The van der Waals surface area contributed by atoms with Crippen LogP contribution in [-0.2, 0) is 0 Å². The Morgan fingerprint density at radius 2 is 0.680 bits per heavy atom. The molecule has 0 unspecified atom stereocenters. The molecule has 0 atom stereocenters. The van der Waals surface area contributed by atoms with Gasteiger partial charge in [-0.3, -0.25) is 0 Å². The molecule has 0 aliphatic heterocycles. The van der Waals surface area contributed by atoms with E-state index in [1.54, 1.807) is 0 Å². The minimum Gasteiger partial charge on any atom is -0.0616 e. The van der Waals surface area contributed by atoms with Crippen LogP contribution in [0.2, 0.25) is 0 Å². The topological polar surface area (TPSA) is 0 Å². The van der Waals surface area contributed by atoms with Gasteiger partial charge < -0.3 is 0 Å². The van der Waals surface area contributed by atoms with Crippen molar-refractivity contribution >= 4 is 53.9 Å². The summed E-state index contributed by atoms with van der Waals surface area (Å²) in [6, 6.07) is 71.3. The summed E-state index contributed by atoms with van der Waals surface area (Å²) in [5.74, 6) is 0. The van der Waals surface area contributed by atoms with Crippen LogP contribution in [0, 0.1) is 0 Å². The zero-order valence-corrected chi connectivity index (χ0v) is 27.5. The van der Waals surface area contributed by atoms with E-state index in [9.17, 15) is 0 Å². The van der Waals surface area contributed by atoms with Crippen molar-refractivity contribution in [2.75, 3.05) is 0 Å². The normalized spacial score (nSPS) is 11.6. The van der Waals surface area contributed by atoms with Gasteiger partial charge in [-0.25, -0.2) is 0 Å². The van der Waals surface area contributed by atoms with Crippen LogP contribution in [0.1, 0.15) is 0 Å². The average Bonchev–Trinajstić information content (AvgIpc) is 3.19. The first kappa shape index (κ1) is 28.5. The van der Waals surface area contributed by atoms with E-state index < -0.39 is 0 Å². The number of fused-ring (bicyclic) bond motifs is 6. The molecule has 10 aromatic carbocycles. The monoisotopic (exact) mass is 632 g/mol. The molecule has 0 fully saturated rings. The minimum atomic E-state index is 1.22. The highest BCUT2D eigenvalue weighted by Crippen LogP contribution is 2.45. The third-order valence-corrected chi connectivity index (χ3v) is 10.4. The van der Waals surface area contributed by atoms with Crippen LogP contribution >= 0.6 is 0 Å². The third kappa shape index (κ3) is 4.61. The fourth-order valence-electron chi connectivity index (χ4n) is 8.08. The van der Waals surface area contributed by atoms with E-state index in [0.29, 0.717) is 0 Å². The van der Waals surface area contributed by atoms with Gasteiger partial charge in [0.15, 0.2) is 0 Å². The van der Waals surface area contributed by atoms with Crippen molar-refractivity contribution in [1.29, 1.82) is 0 Å². The van der Waals surface area contributed by atoms with Gasteiger partial charge in [-0.2, -0.15) is 0 Å². The van der Waals surface area contributed by atoms with Crippen LogP contribution in [0.25, 0.3) is 98.4 Å². The van der Waals surface area contributed by atoms with Crippen molar-refractivity contribution in [3.8, 4) is 44.5 Å². The van der Waals surface area contributed by atoms with Gasteiger partial charge in [0.2, 0.25) is 0 Å². The summed E-state index contributed by atoms with van der Waals surface area (Å²) in [6.45, 7) is 0. The molecule has 0 saturated heterocycles. The molecule has 0 heteroatoms. The highest BCUT2D eigenvalue weighted by molar-refractivity contribution is 6.21. The Morgan fingerprint density at radius 3 is 1.40 bits per heavy atom. The molecule has 10 rings (SSSR count). The van der Waals surface area contributed by atoms with E-state index in [4.69, 9.17) is 0 Å². The van der Waals surface area contributed by atoms with Gasteiger partial charge in [0, 0.05) is 0 Å². The van der Waals surface area contributed by atoms with Gasteiger partial charge in [0.1, 0.15) is 0 Å². The molecule has 0 aromatic heterocycles. The number of hydrogen-bond acceptors (Lipinski definition) is 0. The smallest absolute Gasteiger partial charge is 0.00262 e. The summed E-state index contributed by atoms with van der Waals surface area (Å²) in [6.07, 6.45) is 0. The maximum Gasteiger partial charge on any atom is -0.00262 e. The molecular formula is C50H32. The summed E-state index contributed by atoms with van der Waals surface area (Å²) < 4.78 is 0. The fourth-order valence-corrected chi connectivity index (χ4v) is 8.08. The Hall–Kier alpha value is -6.50. The van der Waals surface area contributed by atoms with Gasteiger partial charge in [-0.05, 0) is 111 Å². The minimum absolute atomic E-state index is 1.22. The largest absolute Gasteiger partial charge is 0.0616 e. The van der Waals surface area contributed by atoms with Crippen molar-refractivity contribution in [1.82, 2.24) is 0 Å². The Bertz CT molecular complexity index is 2850. The average molecular weight is 633 g/mol. The third-order valence-electron chi connectivity index (χ3n) is 10.4. The number of rotatable bonds is 4. The Balaban J connectivity index is 1.13. The lowest BCUT2D eigenvalue weighted by Gasteiger charge is -2.18. The Morgan fingerprint density at radius 1 is 0.200 bits per heavy atom. The standard InChI is InChI=1S/C50H32/c1-2-13-37-31-39(28-23-33(37)11-1)38-14-9-15-40(32-38)50-47-19-7-5-17-45(47)49(46-18-6-8-20-48(46)50)36-26-24-35(25-27-36)42-21-10-22-43-41-16-4-3-12-34(41)29-30-44(42)43/h1-32H. The van der Waals surface area contributed by atoms with E-state index in [-0.39, 0.29) is 0 Å². The second-order valence-corrected chi connectivity index (χ2v) is 13.2. The van der Waals surface area contributed by atoms with Gasteiger partial charge in [0.25, 0.3) is 0 Å². The quantitative estimate of drug-likeness (QED) is 0.134. The van der Waals surface area contributed by atoms with Crippen molar-refractivity contribution in [3.05, 3.63) is 194 Å². The van der Waals surface area contributed by atoms with Gasteiger partial charge in [0.05, 0.1) is 0 Å². The fraction of sp³-hybridized carbons (Fsp3) is 0. The van der Waals surface area contributed by atoms with E-state index in [0.717, 1.165) is 0 Å². The molecule has 0 spiro atoms. The van der Waals surface area contributed by atoms with Crippen LogP contribution in [0.3, 0.4) is 0 Å². The van der Waals surface area contributed by atoms with E-state index in [1.165, 1.54) is 98.4 Å². The molecule has 50 heavy (non-hydrogen) atoms. The molecule has 0 N–H and O–H groups in total. The van der Waals surface area contributed by atoms with Gasteiger partial charge in [-0.15, -0.1) is 0 Å². The molecule has 10 aromatic rings. The van der Waals surface area contributed by atoms with Crippen LogP contribution < -0.4 is 0 Å². The summed E-state index contributed by atoms with van der Waals surface area (Å²) in [5, 5.41) is 12.7. The predicted octanol–water partition coefficient (Wildman–Crippen LogP) is 14.1. The zero-order chi connectivity index (χ0) is 33.0. The first-order chi connectivity index (χ1) is 24.8. The second kappa shape index (κ2) is 11.6. The summed E-state index contributed by atoms with van der Waals surface area (Å²) in [5.41, 5.74) is 9.96. The SMILES string of the molecule is c1cc(-c2ccc3ccccc3c2)cc(-c2c3ccccc3c(-c3ccc(-c4cccc5c4ccc4ccccc45)cc3)c3ccccc23)c1. The highest BCUT2D eigenvalue weighted by Gasteiger charge is 2.17. The van der Waals surface area contributed by atoms with Crippen LogP contribution in [0.4, 0.5) is 0 Å². The maximum atomic E-state index is 2.36. The molecule has 0 radical (unpaired) electrons. The van der Waals surface area contributed by atoms with Crippen LogP contribution in [0.15, 0.2) is 194 Å². The molecule has 0 bridgehead atoms. The Labute approximate surface area is 291 Å². The summed E-state index contributed by atoms with van der Waals surface area (Å²) in [4.78, 5) is 0. The molecule has 0 aliphatic rings. The van der Waals surface area contributed by atoms with Crippen molar-refractivity contribution in [2.24, 2.45) is 0 Å². The highest BCUT2D eigenvalue weighted by atomic mass is 14.2. The molecule has 232 valence electrons. The number of hydrogen-bond donors (Lipinski definition) is 0. The Kier molecular flexibility index (Phi) is 6.60. The van der Waals surface area contributed by atoms with Crippen molar-refractivity contribution < 1.29 is 0 Å². The molecule has 0 aliphatic carbocycles. The second-order valence-electron chi connectivity index (χ2n) is 13.2.